The van der Waals surface area contributed by atoms with Gasteiger partial charge in [-0.25, -0.2) is 0 Å². The van der Waals surface area contributed by atoms with Gasteiger partial charge in [0.15, 0.2) is 0 Å². The van der Waals surface area contributed by atoms with Crippen LogP contribution in [-0.2, 0) is 0 Å². The van der Waals surface area contributed by atoms with Gasteiger partial charge in [0.05, 0.1) is 11.8 Å². The van der Waals surface area contributed by atoms with Crippen LogP contribution in [0.25, 0.3) is 0 Å². The lowest BCUT2D eigenvalue weighted by Crippen LogP contribution is -2.32. The molecule has 1 aromatic rings. The molecule has 0 bridgehead atoms. The van der Waals surface area contributed by atoms with Crippen molar-refractivity contribution in [1.82, 2.24) is 10.5 Å². The first-order valence-electron chi connectivity index (χ1n) is 5.56. The molecule has 2 N–H and O–H groups in total. The molecule has 5 nitrogen and oxygen atoms in total. The highest BCUT2D eigenvalue weighted by atomic mass is 16.5. The van der Waals surface area contributed by atoms with Crippen LogP contribution in [0.4, 0.5) is 0 Å². The maximum atomic E-state index is 11.6. The minimum atomic E-state index is -0.281. The molecule has 88 valence electrons. The van der Waals surface area contributed by atoms with Crippen LogP contribution >= 0.6 is 0 Å². The van der Waals surface area contributed by atoms with Crippen LogP contribution in [0.2, 0.25) is 0 Å². The Kier molecular flexibility index (Phi) is 3.24. The molecule has 1 saturated carbocycles. The summed E-state index contributed by atoms with van der Waals surface area (Å²) in [5.41, 5.74) is 0.686. The Bertz CT molecular complexity index is 375. The third kappa shape index (κ3) is 2.41. The number of carbonyl (C=O) groups excluding carboxylic acids is 1. The van der Waals surface area contributed by atoms with Crippen LogP contribution in [0, 0.1) is 12.8 Å². The van der Waals surface area contributed by atoms with Crippen LogP contribution in [0.1, 0.15) is 35.5 Å². The summed E-state index contributed by atoms with van der Waals surface area (Å²) in [6, 6.07) is 1.60. The van der Waals surface area contributed by atoms with Gasteiger partial charge in [-0.05, 0) is 19.8 Å². The van der Waals surface area contributed by atoms with Gasteiger partial charge in [-0.2, -0.15) is 0 Å². The lowest BCUT2D eigenvalue weighted by molar-refractivity contribution is 0.0881. The molecule has 0 aromatic carbocycles. The Morgan fingerprint density at radius 1 is 1.69 bits per heavy atom. The summed E-state index contributed by atoms with van der Waals surface area (Å²) in [5.74, 6) is 0.137. The van der Waals surface area contributed by atoms with Gasteiger partial charge in [0.2, 0.25) is 5.76 Å². The zero-order valence-electron chi connectivity index (χ0n) is 9.27. The van der Waals surface area contributed by atoms with Gasteiger partial charge in [0.25, 0.3) is 5.91 Å². The van der Waals surface area contributed by atoms with E-state index in [2.05, 4.69) is 10.5 Å². The van der Waals surface area contributed by atoms with Crippen molar-refractivity contribution < 1.29 is 14.4 Å². The van der Waals surface area contributed by atoms with Crippen molar-refractivity contribution in [3.05, 3.63) is 17.5 Å². The minimum Gasteiger partial charge on any atom is -0.393 e. The Morgan fingerprint density at radius 2 is 2.50 bits per heavy atom. The Balaban J connectivity index is 1.84. The number of nitrogens with zero attached hydrogens (tertiary/aromatic N) is 1. The van der Waals surface area contributed by atoms with Gasteiger partial charge in [-0.15, -0.1) is 0 Å². The van der Waals surface area contributed by atoms with E-state index in [0.717, 1.165) is 19.3 Å². The van der Waals surface area contributed by atoms with Gasteiger partial charge >= 0.3 is 0 Å². The largest absolute Gasteiger partial charge is 0.393 e. The zero-order valence-corrected chi connectivity index (χ0v) is 9.27. The minimum absolute atomic E-state index is 0.174. The molecule has 5 heteroatoms. The first-order valence-corrected chi connectivity index (χ1v) is 5.56. The fourth-order valence-electron chi connectivity index (χ4n) is 2.04. The van der Waals surface area contributed by atoms with E-state index < -0.39 is 0 Å². The molecule has 1 aromatic heterocycles. The molecule has 0 aliphatic heterocycles. The number of aromatic nitrogens is 1. The standard InChI is InChI=1S/C11H16N2O3/c1-7-5-10(16-13-7)11(15)12-6-8-3-2-4-9(8)14/h5,8-9,14H,2-4,6H2,1H3,(H,12,15). The molecular weight excluding hydrogens is 208 g/mol. The Morgan fingerprint density at radius 3 is 3.06 bits per heavy atom. The predicted molar refractivity (Wildman–Crippen MR) is 56.9 cm³/mol. The van der Waals surface area contributed by atoms with E-state index in [-0.39, 0.29) is 23.7 Å². The van der Waals surface area contributed by atoms with Gasteiger partial charge in [-0.3, -0.25) is 4.79 Å². The molecule has 2 atom stereocenters. The third-order valence-corrected chi connectivity index (χ3v) is 3.00. The Hall–Kier alpha value is -1.36. The molecule has 1 heterocycles. The number of nitrogens with one attached hydrogen (secondary N) is 1. The summed E-state index contributed by atoms with van der Waals surface area (Å²) in [7, 11) is 0. The molecule has 0 spiro atoms. The highest BCUT2D eigenvalue weighted by molar-refractivity contribution is 5.91. The van der Waals surface area contributed by atoms with Gasteiger partial charge in [0, 0.05) is 18.5 Å². The molecule has 1 aliphatic carbocycles. The second-order valence-electron chi connectivity index (χ2n) is 4.30. The van der Waals surface area contributed by atoms with E-state index in [1.54, 1.807) is 13.0 Å². The molecule has 2 unspecified atom stereocenters. The lowest BCUT2D eigenvalue weighted by Gasteiger charge is -2.14. The molecule has 0 saturated heterocycles. The number of hydrogen-bond acceptors (Lipinski definition) is 4. The number of aliphatic hydroxyl groups is 1. The number of amides is 1. The van der Waals surface area contributed by atoms with Crippen molar-refractivity contribution in [1.29, 1.82) is 0 Å². The molecule has 16 heavy (non-hydrogen) atoms. The van der Waals surface area contributed by atoms with Crippen molar-refractivity contribution in [3.63, 3.8) is 0 Å². The lowest BCUT2D eigenvalue weighted by atomic mass is 10.1. The Labute approximate surface area is 93.8 Å². The second-order valence-corrected chi connectivity index (χ2v) is 4.30. The zero-order chi connectivity index (χ0) is 11.5. The highest BCUT2D eigenvalue weighted by Gasteiger charge is 2.25. The summed E-state index contributed by atoms with van der Waals surface area (Å²) in [5, 5.41) is 16.0. The monoisotopic (exact) mass is 224 g/mol. The van der Waals surface area contributed by atoms with Crippen LogP contribution in [0.5, 0.6) is 0 Å². The SMILES string of the molecule is Cc1cc(C(=O)NCC2CCCC2O)on1. The van der Waals surface area contributed by atoms with E-state index in [4.69, 9.17) is 4.52 Å². The van der Waals surface area contributed by atoms with Gasteiger partial charge in [-0.1, -0.05) is 11.6 Å². The van der Waals surface area contributed by atoms with E-state index in [1.807, 2.05) is 0 Å². The molecule has 2 rings (SSSR count). The highest BCUT2D eigenvalue weighted by Crippen LogP contribution is 2.24. The van der Waals surface area contributed by atoms with Crippen molar-refractivity contribution in [3.8, 4) is 0 Å². The quantitative estimate of drug-likeness (QED) is 0.799. The number of aryl methyl sites for hydroxylation is 1. The maximum absolute atomic E-state index is 11.6. The predicted octanol–water partition coefficient (Wildman–Crippen LogP) is 0.874. The number of aliphatic hydroxyl groups excluding tert-OH is 1. The van der Waals surface area contributed by atoms with Crippen molar-refractivity contribution in [2.45, 2.75) is 32.3 Å². The van der Waals surface area contributed by atoms with E-state index in [9.17, 15) is 9.90 Å². The fourth-order valence-corrected chi connectivity index (χ4v) is 2.04. The number of hydrogen-bond donors (Lipinski definition) is 2. The van der Waals surface area contributed by atoms with Crippen LogP contribution < -0.4 is 5.32 Å². The normalized spacial score (nSPS) is 24.6. The molecule has 1 fully saturated rings. The van der Waals surface area contributed by atoms with Crippen LogP contribution in [-0.4, -0.2) is 28.8 Å². The van der Waals surface area contributed by atoms with E-state index >= 15 is 0 Å². The average Bonchev–Trinajstić information content (AvgIpc) is 2.84. The van der Waals surface area contributed by atoms with Crippen molar-refractivity contribution in [2.75, 3.05) is 6.54 Å². The first kappa shape index (κ1) is 11.1. The topological polar surface area (TPSA) is 75.4 Å². The van der Waals surface area contributed by atoms with Crippen LogP contribution in [0.3, 0.4) is 0 Å². The summed E-state index contributed by atoms with van der Waals surface area (Å²) in [6.45, 7) is 2.26. The van der Waals surface area contributed by atoms with Crippen LogP contribution in [0.15, 0.2) is 10.6 Å². The summed E-state index contributed by atoms with van der Waals surface area (Å²) < 4.78 is 4.84. The van der Waals surface area contributed by atoms with Crippen molar-refractivity contribution in [2.24, 2.45) is 5.92 Å². The molecule has 1 aliphatic rings. The molecule has 0 radical (unpaired) electrons. The average molecular weight is 224 g/mol. The second kappa shape index (κ2) is 4.65. The van der Waals surface area contributed by atoms with Crippen molar-refractivity contribution >= 4 is 5.91 Å². The summed E-state index contributed by atoms with van der Waals surface area (Å²) >= 11 is 0. The van der Waals surface area contributed by atoms with E-state index in [0.29, 0.717) is 12.2 Å². The number of rotatable bonds is 3. The van der Waals surface area contributed by atoms with Gasteiger partial charge < -0.3 is 14.9 Å². The third-order valence-electron chi connectivity index (χ3n) is 3.00. The molecular formula is C11H16N2O3. The van der Waals surface area contributed by atoms with Gasteiger partial charge in [0.1, 0.15) is 0 Å². The smallest absolute Gasteiger partial charge is 0.289 e. The summed E-state index contributed by atoms with van der Waals surface area (Å²) in [4.78, 5) is 11.6. The first-order chi connectivity index (χ1) is 7.66. The maximum Gasteiger partial charge on any atom is 0.289 e. The summed E-state index contributed by atoms with van der Waals surface area (Å²) in [6.07, 6.45) is 2.55. The van der Waals surface area contributed by atoms with E-state index in [1.165, 1.54) is 0 Å². The number of carbonyl (C=O) groups is 1. The molecule has 1 amide bonds. The fraction of sp³-hybridized carbons (Fsp3) is 0.636.